The van der Waals surface area contributed by atoms with E-state index in [9.17, 15) is 9.59 Å². The van der Waals surface area contributed by atoms with E-state index in [4.69, 9.17) is 29.8 Å². The van der Waals surface area contributed by atoms with Gasteiger partial charge in [-0.1, -0.05) is 47.3 Å². The van der Waals surface area contributed by atoms with Gasteiger partial charge in [0, 0.05) is 68.5 Å². The van der Waals surface area contributed by atoms with Gasteiger partial charge in [-0.25, -0.2) is 0 Å². The van der Waals surface area contributed by atoms with Crippen molar-refractivity contribution in [2.45, 2.75) is 108 Å². The maximum Gasteiger partial charge on any atom is 0.314 e. The number of carboxylic acids is 1. The van der Waals surface area contributed by atoms with Crippen LogP contribution in [0.1, 0.15) is 96.2 Å². The first kappa shape index (κ1) is 39.4. The molecule has 1 amide bonds. The Kier molecular flexibility index (Phi) is 9.18. The predicted molar refractivity (Wildman–Crippen MR) is 234 cm³/mol. The summed E-state index contributed by atoms with van der Waals surface area (Å²) >= 11 is 0. The third-order valence-corrected chi connectivity index (χ3v) is 13.6. The zero-order valence-corrected chi connectivity index (χ0v) is 34.0. The molecule has 60 heavy (non-hydrogen) atoms. The molecule has 4 aromatic carbocycles. The number of rotatable bonds is 5. The number of nitrogens with one attached hydrogen (secondary N) is 1. The zero-order valence-electron chi connectivity index (χ0n) is 34.0. The number of ether oxygens (including phenoxy) is 4. The fraction of sp³-hybridized carbons (Fsp3) is 0.388. The number of aliphatic carboxylic acids is 1. The quantitative estimate of drug-likeness (QED) is 0.146. The monoisotopic (exact) mass is 810 g/mol. The van der Waals surface area contributed by atoms with E-state index in [0.29, 0.717) is 29.8 Å². The van der Waals surface area contributed by atoms with Crippen LogP contribution in [0.3, 0.4) is 0 Å². The maximum atomic E-state index is 13.2. The number of hydrogen-bond acceptors (Lipinski definition) is 7. The second-order valence-electron chi connectivity index (χ2n) is 18.3. The molecule has 0 radical (unpaired) electrons. The summed E-state index contributed by atoms with van der Waals surface area (Å²) in [4.78, 5) is 24.3. The summed E-state index contributed by atoms with van der Waals surface area (Å²) in [6.45, 7) is 11.9. The molecule has 0 atom stereocenters. The number of aromatic nitrogens is 2. The van der Waals surface area contributed by atoms with Crippen LogP contribution in [0.25, 0.3) is 21.8 Å². The molecule has 11 heteroatoms. The van der Waals surface area contributed by atoms with Crippen molar-refractivity contribution in [2.24, 2.45) is 0 Å². The lowest BCUT2D eigenvalue weighted by Gasteiger charge is -2.16. The number of hydrogen-bond donors (Lipinski definition) is 3. The van der Waals surface area contributed by atoms with Gasteiger partial charge in [0.05, 0.1) is 10.8 Å². The molecule has 6 aliphatic rings. The minimum Gasteiger partial charge on any atom is -0.481 e. The van der Waals surface area contributed by atoms with Crippen LogP contribution in [0.4, 0.5) is 11.4 Å². The van der Waals surface area contributed by atoms with Crippen molar-refractivity contribution < 1.29 is 33.6 Å². The van der Waals surface area contributed by atoms with Gasteiger partial charge >= 0.3 is 5.97 Å². The van der Waals surface area contributed by atoms with Crippen LogP contribution in [-0.4, -0.2) is 39.7 Å². The summed E-state index contributed by atoms with van der Waals surface area (Å²) in [6, 6.07) is 28.2. The number of carbonyl (C=O) groups excluding carboxylic acids is 1. The molecule has 0 unspecified atom stereocenters. The Morgan fingerprint density at radius 1 is 0.600 bits per heavy atom. The number of benzene rings is 4. The number of nitrogens with two attached hydrogens (primary N) is 1. The summed E-state index contributed by atoms with van der Waals surface area (Å²) in [7, 11) is 0. The Morgan fingerprint density at radius 2 is 1.08 bits per heavy atom. The van der Waals surface area contributed by atoms with Crippen molar-refractivity contribution in [1.29, 1.82) is 0 Å². The lowest BCUT2D eigenvalue weighted by Crippen LogP contribution is -2.27. The molecule has 2 aliphatic carbocycles. The SMILES string of the molecule is C.CC1(C)CCn2c1cc1cc(N)ccc12.CC1(C)CCn2c1cc1cc(NC(=O)C3(c4ccc5c(c4)OCO5)CC3)ccc12.O=C(O)C1(c2ccc3c(c2)OCO3)CC1. The van der Waals surface area contributed by atoms with E-state index in [2.05, 4.69) is 78.5 Å². The minimum atomic E-state index is -0.749. The van der Waals surface area contributed by atoms with Crippen LogP contribution in [0.5, 0.6) is 23.0 Å². The van der Waals surface area contributed by atoms with Crippen LogP contribution < -0.4 is 30.0 Å². The van der Waals surface area contributed by atoms with Crippen LogP contribution in [0.2, 0.25) is 0 Å². The van der Waals surface area contributed by atoms with Gasteiger partial charge in [-0.05, 0) is 122 Å². The van der Waals surface area contributed by atoms with E-state index < -0.39 is 16.8 Å². The number of carboxylic acid groups (broad SMARTS) is 1. The zero-order chi connectivity index (χ0) is 40.9. The van der Waals surface area contributed by atoms with Gasteiger partial charge in [0.25, 0.3) is 0 Å². The van der Waals surface area contributed by atoms with Crippen molar-refractivity contribution in [3.8, 4) is 23.0 Å². The summed E-state index contributed by atoms with van der Waals surface area (Å²) in [5, 5.41) is 14.8. The van der Waals surface area contributed by atoms with Gasteiger partial charge in [-0.2, -0.15) is 0 Å². The fourth-order valence-electron chi connectivity index (χ4n) is 9.44. The molecule has 6 heterocycles. The molecule has 11 nitrogen and oxygen atoms in total. The van der Waals surface area contributed by atoms with Gasteiger partial charge in [0.2, 0.25) is 19.5 Å². The topological polar surface area (TPSA) is 139 Å². The molecule has 6 aromatic rings. The number of aryl methyl sites for hydroxylation is 2. The first-order valence-corrected chi connectivity index (χ1v) is 20.6. The third kappa shape index (κ3) is 6.49. The summed E-state index contributed by atoms with van der Waals surface area (Å²) in [5.41, 5.74) is 14.1. The molecule has 4 aliphatic heterocycles. The molecule has 4 N–H and O–H groups in total. The Bertz CT molecular complexity index is 2700. The first-order chi connectivity index (χ1) is 28.3. The third-order valence-electron chi connectivity index (χ3n) is 13.6. The highest BCUT2D eigenvalue weighted by atomic mass is 16.7. The highest BCUT2D eigenvalue weighted by molar-refractivity contribution is 6.02. The normalized spacial score (nSPS) is 19.2. The Morgan fingerprint density at radius 3 is 1.60 bits per heavy atom. The molecule has 0 bridgehead atoms. The fourth-order valence-corrected chi connectivity index (χ4v) is 9.44. The standard InChI is InChI=1S/C24H24N2O3.C13H16N2.C11H10O4.CH4/c1-23(2)9-10-26-18-5-4-17(11-15(18)12-21(23)26)25-22(27)24(7-8-24)16-3-6-19-20(13-16)29-14-28-19;1-13(2)5-6-15-11-4-3-10(14)7-9(11)8-12(13)15;12-10(13)11(3-4-11)7-1-2-8-9(5-7)15-6-14-8;/h3-6,11-13H,7-10,14H2,1-2H3,(H,25,27);3-4,7-8H,5-6,14H2,1-2H3;1-2,5H,3-4,6H2,(H,12,13);1H4. The second-order valence-corrected chi connectivity index (χ2v) is 18.3. The van der Waals surface area contributed by atoms with Crippen molar-refractivity contribution in [3.63, 3.8) is 0 Å². The van der Waals surface area contributed by atoms with Gasteiger partial charge in [0.1, 0.15) is 0 Å². The van der Waals surface area contributed by atoms with Crippen molar-refractivity contribution in [1.82, 2.24) is 9.13 Å². The van der Waals surface area contributed by atoms with Gasteiger partial charge in [-0.15, -0.1) is 0 Å². The average Bonchev–Trinajstić information content (AvgIpc) is 3.81. The second kappa shape index (κ2) is 14.0. The Hall–Kier alpha value is -6.10. The Labute approximate surface area is 350 Å². The minimum absolute atomic E-state index is 0. The molecule has 2 aromatic heterocycles. The molecule has 312 valence electrons. The highest BCUT2D eigenvalue weighted by Gasteiger charge is 2.53. The number of anilines is 2. The van der Waals surface area contributed by atoms with Gasteiger partial charge in [-0.3, -0.25) is 9.59 Å². The smallest absolute Gasteiger partial charge is 0.314 e. The first-order valence-electron chi connectivity index (χ1n) is 20.6. The number of fused-ring (bicyclic) bond motifs is 8. The van der Waals surface area contributed by atoms with Gasteiger partial charge < -0.3 is 44.2 Å². The molecular weight excluding hydrogens is 757 g/mol. The lowest BCUT2D eigenvalue weighted by molar-refractivity contribution is -0.140. The van der Waals surface area contributed by atoms with Crippen LogP contribution >= 0.6 is 0 Å². The predicted octanol–water partition coefficient (Wildman–Crippen LogP) is 9.79. The maximum absolute atomic E-state index is 13.2. The molecule has 0 spiro atoms. The van der Waals surface area contributed by atoms with Crippen molar-refractivity contribution in [3.05, 3.63) is 107 Å². The number of nitrogens with zero attached hydrogens (tertiary/aromatic N) is 2. The largest absolute Gasteiger partial charge is 0.481 e. The van der Waals surface area contributed by atoms with E-state index in [1.165, 1.54) is 46.0 Å². The van der Waals surface area contributed by atoms with Crippen LogP contribution in [0, 0.1) is 0 Å². The highest BCUT2D eigenvalue weighted by Crippen LogP contribution is 2.52. The molecule has 0 saturated heterocycles. The van der Waals surface area contributed by atoms with Gasteiger partial charge in [0.15, 0.2) is 23.0 Å². The van der Waals surface area contributed by atoms with E-state index in [-0.39, 0.29) is 32.3 Å². The Balaban J connectivity index is 0.000000126. The van der Waals surface area contributed by atoms with E-state index >= 15 is 0 Å². The molecule has 2 saturated carbocycles. The van der Waals surface area contributed by atoms with Crippen LogP contribution in [-0.2, 0) is 44.3 Å². The van der Waals surface area contributed by atoms with E-state index in [0.717, 1.165) is 59.9 Å². The van der Waals surface area contributed by atoms with Crippen LogP contribution in [0.15, 0.2) is 84.9 Å². The summed E-state index contributed by atoms with van der Waals surface area (Å²) in [5.74, 6) is 2.14. The van der Waals surface area contributed by atoms with E-state index in [1.807, 2.05) is 36.4 Å². The molecule has 2 fully saturated rings. The average molecular weight is 811 g/mol. The van der Waals surface area contributed by atoms with Crippen molar-refractivity contribution in [2.75, 3.05) is 24.6 Å². The number of amides is 1. The number of nitrogen functional groups attached to an aromatic ring is 1. The lowest BCUT2D eigenvalue weighted by atomic mass is 9.88. The molecule has 12 rings (SSSR count). The number of carbonyl (C=O) groups is 2. The molecular formula is C49H54N4O7. The van der Waals surface area contributed by atoms with E-state index in [1.54, 1.807) is 12.1 Å². The summed E-state index contributed by atoms with van der Waals surface area (Å²) < 4.78 is 26.1. The summed E-state index contributed by atoms with van der Waals surface area (Å²) in [6.07, 6.45) is 5.55. The van der Waals surface area contributed by atoms with Crippen molar-refractivity contribution >= 4 is 45.1 Å².